The van der Waals surface area contributed by atoms with E-state index >= 15 is 0 Å². The van der Waals surface area contributed by atoms with Gasteiger partial charge in [-0.05, 0) is 36.2 Å². The van der Waals surface area contributed by atoms with Gasteiger partial charge in [-0.25, -0.2) is 4.79 Å². The largest absolute Gasteiger partial charge is 0.456 e. The molecule has 0 radical (unpaired) electrons. The molecular formula is C18H13NO2. The van der Waals surface area contributed by atoms with Gasteiger partial charge < -0.3 is 4.74 Å². The van der Waals surface area contributed by atoms with Crippen molar-refractivity contribution in [1.29, 1.82) is 5.26 Å². The molecule has 0 amide bonds. The first-order valence-electron chi connectivity index (χ1n) is 6.53. The van der Waals surface area contributed by atoms with E-state index in [4.69, 9.17) is 10.00 Å². The highest BCUT2D eigenvalue weighted by Gasteiger charge is 2.03. The molecule has 21 heavy (non-hydrogen) atoms. The van der Waals surface area contributed by atoms with Gasteiger partial charge in [0.05, 0.1) is 18.2 Å². The summed E-state index contributed by atoms with van der Waals surface area (Å²) in [7, 11) is 0. The fraction of sp³-hybridized carbons (Fsp3) is 0.111. The van der Waals surface area contributed by atoms with Crippen molar-refractivity contribution in [3.63, 3.8) is 0 Å². The zero-order valence-electron chi connectivity index (χ0n) is 11.6. The van der Waals surface area contributed by atoms with Crippen molar-refractivity contribution in [1.82, 2.24) is 0 Å². The zero-order valence-corrected chi connectivity index (χ0v) is 11.6. The predicted molar refractivity (Wildman–Crippen MR) is 80.1 cm³/mol. The second-order valence-corrected chi connectivity index (χ2v) is 4.21. The molecular weight excluding hydrogens is 262 g/mol. The molecule has 0 aliphatic rings. The third kappa shape index (κ3) is 3.72. The first-order valence-corrected chi connectivity index (χ1v) is 6.53. The number of rotatable bonds is 2. The van der Waals surface area contributed by atoms with Crippen LogP contribution < -0.4 is 0 Å². The zero-order chi connectivity index (χ0) is 15.1. The normalized spacial score (nSPS) is 9.14. The van der Waals surface area contributed by atoms with Gasteiger partial charge in [0.25, 0.3) is 0 Å². The Morgan fingerprint density at radius 3 is 2.52 bits per heavy atom. The van der Waals surface area contributed by atoms with E-state index in [-0.39, 0.29) is 0 Å². The average molecular weight is 275 g/mol. The smallest absolute Gasteiger partial charge is 0.384 e. The molecule has 2 aromatic rings. The van der Waals surface area contributed by atoms with E-state index in [1.165, 1.54) is 0 Å². The minimum absolute atomic E-state index is 0.317. The van der Waals surface area contributed by atoms with Crippen molar-refractivity contribution in [2.24, 2.45) is 0 Å². The molecule has 0 spiro atoms. The summed E-state index contributed by atoms with van der Waals surface area (Å²) in [6.07, 6.45) is 0. The summed E-state index contributed by atoms with van der Waals surface area (Å²) in [4.78, 5) is 11.2. The number of ether oxygens (including phenoxy) is 1. The molecule has 2 aromatic carbocycles. The van der Waals surface area contributed by atoms with Crippen LogP contribution in [-0.4, -0.2) is 12.6 Å². The number of carbonyl (C=O) groups excluding carboxylic acids is 1. The minimum atomic E-state index is -0.531. The summed E-state index contributed by atoms with van der Waals surface area (Å²) in [5, 5.41) is 9.11. The molecule has 0 bridgehead atoms. The maximum atomic E-state index is 11.2. The first-order chi connectivity index (χ1) is 10.2. The van der Waals surface area contributed by atoms with Crippen LogP contribution in [0.3, 0.4) is 0 Å². The van der Waals surface area contributed by atoms with E-state index in [9.17, 15) is 4.79 Å². The van der Waals surface area contributed by atoms with Crippen LogP contribution in [0, 0.1) is 23.2 Å². The van der Waals surface area contributed by atoms with E-state index in [0.717, 1.165) is 16.7 Å². The van der Waals surface area contributed by atoms with E-state index in [0.29, 0.717) is 12.2 Å². The molecule has 0 N–H and O–H groups in total. The third-order valence-electron chi connectivity index (χ3n) is 2.83. The lowest BCUT2D eigenvalue weighted by molar-refractivity contribution is -0.136. The predicted octanol–water partition coefficient (Wildman–Crippen LogP) is 3.14. The standard InChI is InChI=1S/C18H13NO2/c1-2-21-18(20)12-9-14-7-10-15(11-8-14)17-6-4-3-5-16(17)13-19/h3-8,10-11H,2H2,1H3. The van der Waals surface area contributed by atoms with E-state index in [2.05, 4.69) is 17.9 Å². The van der Waals surface area contributed by atoms with E-state index < -0.39 is 5.97 Å². The number of hydrogen-bond acceptors (Lipinski definition) is 3. The topological polar surface area (TPSA) is 50.1 Å². The van der Waals surface area contributed by atoms with Crippen molar-refractivity contribution in [3.8, 4) is 29.0 Å². The Morgan fingerprint density at radius 1 is 1.14 bits per heavy atom. The monoisotopic (exact) mass is 275 g/mol. The molecule has 0 heterocycles. The van der Waals surface area contributed by atoms with Crippen molar-refractivity contribution < 1.29 is 9.53 Å². The van der Waals surface area contributed by atoms with Crippen LogP contribution in [0.1, 0.15) is 18.1 Å². The van der Waals surface area contributed by atoms with Gasteiger partial charge in [-0.2, -0.15) is 5.26 Å². The molecule has 0 fully saturated rings. The Bertz CT molecular complexity index is 743. The summed E-state index contributed by atoms with van der Waals surface area (Å²) in [5.74, 6) is 4.63. The Balaban J connectivity index is 2.24. The highest BCUT2D eigenvalue weighted by atomic mass is 16.5. The molecule has 3 nitrogen and oxygen atoms in total. The first kappa shape index (κ1) is 14.4. The van der Waals surface area contributed by atoms with Gasteiger partial charge in [-0.3, -0.25) is 0 Å². The lowest BCUT2D eigenvalue weighted by Crippen LogP contribution is -1.99. The highest BCUT2D eigenvalue weighted by molar-refractivity contribution is 5.89. The van der Waals surface area contributed by atoms with E-state index in [1.807, 2.05) is 42.5 Å². The van der Waals surface area contributed by atoms with E-state index in [1.54, 1.807) is 13.0 Å². The summed E-state index contributed by atoms with van der Waals surface area (Å²) in [5.41, 5.74) is 3.17. The van der Waals surface area contributed by atoms with Gasteiger partial charge in [-0.1, -0.05) is 36.3 Å². The van der Waals surface area contributed by atoms with Crippen LogP contribution in [0.4, 0.5) is 0 Å². The van der Waals surface area contributed by atoms with Crippen molar-refractivity contribution >= 4 is 5.97 Å². The third-order valence-corrected chi connectivity index (χ3v) is 2.83. The maximum Gasteiger partial charge on any atom is 0.384 e. The average Bonchev–Trinajstić information content (AvgIpc) is 2.54. The SMILES string of the molecule is CCOC(=O)C#Cc1ccc(-c2ccccc2C#N)cc1. The number of carbonyl (C=O) groups is 1. The number of nitriles is 1. The van der Waals surface area contributed by atoms with Gasteiger partial charge in [0.1, 0.15) is 0 Å². The second kappa shape index (κ2) is 6.93. The van der Waals surface area contributed by atoms with Crippen LogP contribution in [0.15, 0.2) is 48.5 Å². The van der Waals surface area contributed by atoms with Gasteiger partial charge in [0.2, 0.25) is 0 Å². The second-order valence-electron chi connectivity index (χ2n) is 4.21. The van der Waals surface area contributed by atoms with Crippen LogP contribution in [-0.2, 0) is 9.53 Å². The Labute approximate surface area is 123 Å². The molecule has 0 saturated heterocycles. The highest BCUT2D eigenvalue weighted by Crippen LogP contribution is 2.23. The number of hydrogen-bond donors (Lipinski definition) is 0. The Hall–Kier alpha value is -3.04. The molecule has 0 saturated carbocycles. The molecule has 102 valence electrons. The van der Waals surface area contributed by atoms with Crippen LogP contribution in [0.5, 0.6) is 0 Å². The minimum Gasteiger partial charge on any atom is -0.456 e. The molecule has 0 aromatic heterocycles. The fourth-order valence-corrected chi connectivity index (χ4v) is 1.86. The van der Waals surface area contributed by atoms with Gasteiger partial charge >= 0.3 is 5.97 Å². The maximum absolute atomic E-state index is 11.2. The number of benzene rings is 2. The van der Waals surface area contributed by atoms with Crippen molar-refractivity contribution in [3.05, 3.63) is 59.7 Å². The quantitative estimate of drug-likeness (QED) is 0.625. The molecule has 3 heteroatoms. The lowest BCUT2D eigenvalue weighted by Gasteiger charge is -2.03. The summed E-state index contributed by atoms with van der Waals surface area (Å²) < 4.78 is 4.74. The summed E-state index contributed by atoms with van der Waals surface area (Å²) in [6.45, 7) is 2.05. The Morgan fingerprint density at radius 2 is 1.86 bits per heavy atom. The molecule has 0 aliphatic carbocycles. The van der Waals surface area contributed by atoms with Gasteiger partial charge in [-0.15, -0.1) is 0 Å². The molecule has 0 aliphatic heterocycles. The number of nitrogens with zero attached hydrogens (tertiary/aromatic N) is 1. The van der Waals surface area contributed by atoms with Crippen LogP contribution in [0.25, 0.3) is 11.1 Å². The molecule has 0 atom stereocenters. The van der Waals surface area contributed by atoms with Crippen molar-refractivity contribution in [2.75, 3.05) is 6.61 Å². The van der Waals surface area contributed by atoms with Crippen molar-refractivity contribution in [2.45, 2.75) is 6.92 Å². The summed E-state index contributed by atoms with van der Waals surface area (Å²) in [6, 6.07) is 17.0. The lowest BCUT2D eigenvalue weighted by atomic mass is 9.99. The summed E-state index contributed by atoms with van der Waals surface area (Å²) >= 11 is 0. The fourth-order valence-electron chi connectivity index (χ4n) is 1.86. The van der Waals surface area contributed by atoms with Crippen LogP contribution in [0.2, 0.25) is 0 Å². The number of esters is 1. The molecule has 2 rings (SSSR count). The van der Waals surface area contributed by atoms with Crippen LogP contribution >= 0.6 is 0 Å². The van der Waals surface area contributed by atoms with Gasteiger partial charge in [0.15, 0.2) is 0 Å². The molecule has 0 unspecified atom stereocenters. The Kier molecular flexibility index (Phi) is 4.75. The van der Waals surface area contributed by atoms with Gasteiger partial charge in [0, 0.05) is 11.5 Å².